The molecule has 0 spiro atoms. The third-order valence-corrected chi connectivity index (χ3v) is 3.81. The highest BCUT2D eigenvalue weighted by Gasteiger charge is 2.18. The maximum atomic E-state index is 11.7. The third kappa shape index (κ3) is 5.52. The van der Waals surface area contributed by atoms with Gasteiger partial charge in [-0.05, 0) is 25.0 Å². The molecule has 1 aliphatic rings. The van der Waals surface area contributed by atoms with Gasteiger partial charge in [-0.2, -0.15) is 0 Å². The number of pyridine rings is 1. The maximum Gasteiger partial charge on any atom is 0.341 e. The lowest BCUT2D eigenvalue weighted by Gasteiger charge is -2.22. The van der Waals surface area contributed by atoms with E-state index in [1.807, 2.05) is 0 Å². The van der Waals surface area contributed by atoms with Crippen LogP contribution in [0.4, 0.5) is 4.79 Å². The van der Waals surface area contributed by atoms with E-state index in [9.17, 15) is 14.4 Å². The number of nitrogens with one attached hydrogen (secondary N) is 2. The summed E-state index contributed by atoms with van der Waals surface area (Å²) in [5, 5.41) is 4.86. The summed E-state index contributed by atoms with van der Waals surface area (Å²) in [5.74, 6) is -1.47. The van der Waals surface area contributed by atoms with Gasteiger partial charge in [0.05, 0.1) is 5.56 Å². The number of hydrogen-bond acceptors (Lipinski definition) is 5. The average molecular weight is 340 g/mol. The molecule has 1 saturated carbocycles. The molecule has 1 aromatic heterocycles. The average Bonchev–Trinajstić information content (AvgIpc) is 2.54. The molecular formula is C15H18ClN3O4. The van der Waals surface area contributed by atoms with Crippen molar-refractivity contribution in [3.63, 3.8) is 0 Å². The summed E-state index contributed by atoms with van der Waals surface area (Å²) in [4.78, 5) is 38.8. The lowest BCUT2D eigenvalue weighted by molar-refractivity contribution is -0.123. The minimum Gasteiger partial charge on any atom is -0.452 e. The lowest BCUT2D eigenvalue weighted by Crippen LogP contribution is -2.46. The molecule has 0 radical (unpaired) electrons. The zero-order valence-corrected chi connectivity index (χ0v) is 13.3. The van der Waals surface area contributed by atoms with E-state index in [0.29, 0.717) is 0 Å². The molecule has 0 aliphatic heterocycles. The van der Waals surface area contributed by atoms with Crippen LogP contribution < -0.4 is 10.6 Å². The molecule has 1 aliphatic carbocycles. The minimum absolute atomic E-state index is 0.00653. The minimum atomic E-state index is -0.772. The van der Waals surface area contributed by atoms with Crippen molar-refractivity contribution in [1.29, 1.82) is 0 Å². The van der Waals surface area contributed by atoms with Crippen LogP contribution in [0.3, 0.4) is 0 Å². The third-order valence-electron chi connectivity index (χ3n) is 3.51. The quantitative estimate of drug-likeness (QED) is 0.646. The molecule has 1 fully saturated rings. The Morgan fingerprint density at radius 2 is 2.00 bits per heavy atom. The standard InChI is InChI=1S/C15H18ClN3O4/c16-13-11(7-4-8-17-13)14(21)23-9-12(20)19-15(22)18-10-5-2-1-3-6-10/h4,7-8,10H,1-3,5-6,9H2,(H2,18,19,20,22). The smallest absolute Gasteiger partial charge is 0.341 e. The van der Waals surface area contributed by atoms with Crippen molar-refractivity contribution in [2.24, 2.45) is 0 Å². The second-order valence-corrected chi connectivity index (χ2v) is 5.63. The number of nitrogens with zero attached hydrogens (tertiary/aromatic N) is 1. The van der Waals surface area contributed by atoms with Gasteiger partial charge in [-0.1, -0.05) is 30.9 Å². The summed E-state index contributed by atoms with van der Waals surface area (Å²) < 4.78 is 4.81. The molecule has 0 atom stereocenters. The number of aromatic nitrogens is 1. The highest BCUT2D eigenvalue weighted by molar-refractivity contribution is 6.32. The SMILES string of the molecule is O=C(COC(=O)c1cccnc1Cl)NC(=O)NC1CCCCC1. The molecule has 23 heavy (non-hydrogen) atoms. The van der Waals surface area contributed by atoms with Gasteiger partial charge in [0.2, 0.25) is 0 Å². The fourth-order valence-electron chi connectivity index (χ4n) is 2.38. The molecule has 0 unspecified atom stereocenters. The van der Waals surface area contributed by atoms with E-state index in [4.69, 9.17) is 16.3 Å². The van der Waals surface area contributed by atoms with Gasteiger partial charge in [0.1, 0.15) is 5.15 Å². The maximum absolute atomic E-state index is 11.7. The van der Waals surface area contributed by atoms with E-state index in [0.717, 1.165) is 25.7 Å². The first kappa shape index (κ1) is 17.2. The number of urea groups is 1. The summed E-state index contributed by atoms with van der Waals surface area (Å²) in [7, 11) is 0. The first-order valence-electron chi connectivity index (χ1n) is 7.44. The summed E-state index contributed by atoms with van der Waals surface area (Å²) >= 11 is 5.75. The highest BCUT2D eigenvalue weighted by Crippen LogP contribution is 2.17. The Balaban J connectivity index is 1.73. The highest BCUT2D eigenvalue weighted by atomic mass is 35.5. The first-order valence-corrected chi connectivity index (χ1v) is 7.82. The number of carbonyl (C=O) groups is 3. The predicted octanol–water partition coefficient (Wildman–Crippen LogP) is 2.05. The molecule has 0 aromatic carbocycles. The van der Waals surface area contributed by atoms with Crippen molar-refractivity contribution >= 4 is 29.5 Å². The molecule has 0 saturated heterocycles. The number of imide groups is 1. The number of carbonyl (C=O) groups excluding carboxylic acids is 3. The van der Waals surface area contributed by atoms with Gasteiger partial charge in [0.25, 0.3) is 5.91 Å². The van der Waals surface area contributed by atoms with Crippen LogP contribution in [0.1, 0.15) is 42.5 Å². The van der Waals surface area contributed by atoms with Gasteiger partial charge < -0.3 is 10.1 Å². The number of esters is 1. The second kappa shape index (κ2) is 8.47. The topological polar surface area (TPSA) is 97.4 Å². The van der Waals surface area contributed by atoms with Crippen LogP contribution in [-0.2, 0) is 9.53 Å². The van der Waals surface area contributed by atoms with Crippen molar-refractivity contribution in [1.82, 2.24) is 15.6 Å². The van der Waals surface area contributed by atoms with Crippen molar-refractivity contribution < 1.29 is 19.1 Å². The molecule has 1 heterocycles. The van der Waals surface area contributed by atoms with Gasteiger partial charge in [-0.15, -0.1) is 0 Å². The number of rotatable bonds is 4. The van der Waals surface area contributed by atoms with Crippen molar-refractivity contribution in [3.8, 4) is 0 Å². The van der Waals surface area contributed by atoms with Crippen LogP contribution in [-0.4, -0.2) is 35.5 Å². The molecule has 0 bridgehead atoms. The van der Waals surface area contributed by atoms with E-state index in [1.165, 1.54) is 24.8 Å². The Hall–Kier alpha value is -2.15. The summed E-state index contributed by atoms with van der Waals surface area (Å²) in [6, 6.07) is 2.48. The van der Waals surface area contributed by atoms with Crippen molar-refractivity contribution in [2.45, 2.75) is 38.1 Å². The van der Waals surface area contributed by atoms with Gasteiger partial charge in [0.15, 0.2) is 6.61 Å². The molecule has 1 aromatic rings. The Bertz CT molecular complexity index is 588. The first-order chi connectivity index (χ1) is 11.1. The van der Waals surface area contributed by atoms with Crippen LogP contribution in [0.25, 0.3) is 0 Å². The number of ether oxygens (including phenoxy) is 1. The van der Waals surface area contributed by atoms with Crippen LogP contribution in [0.2, 0.25) is 5.15 Å². The summed E-state index contributed by atoms with van der Waals surface area (Å²) in [6.45, 7) is -0.567. The molecular weight excluding hydrogens is 322 g/mol. The van der Waals surface area contributed by atoms with Crippen LogP contribution in [0, 0.1) is 0 Å². The monoisotopic (exact) mass is 339 g/mol. The van der Waals surface area contributed by atoms with E-state index in [-0.39, 0.29) is 16.8 Å². The summed E-state index contributed by atoms with van der Waals surface area (Å²) in [5.41, 5.74) is 0.0635. The van der Waals surface area contributed by atoms with Gasteiger partial charge in [-0.25, -0.2) is 14.6 Å². The van der Waals surface area contributed by atoms with Crippen LogP contribution >= 0.6 is 11.6 Å². The number of amides is 3. The molecule has 7 nitrogen and oxygen atoms in total. The Morgan fingerprint density at radius 1 is 1.26 bits per heavy atom. The molecule has 3 amide bonds. The normalized spacial score (nSPS) is 14.8. The molecule has 2 N–H and O–H groups in total. The molecule has 8 heteroatoms. The van der Waals surface area contributed by atoms with Crippen molar-refractivity contribution in [3.05, 3.63) is 29.0 Å². The van der Waals surface area contributed by atoms with Gasteiger partial charge >= 0.3 is 12.0 Å². The number of halogens is 1. The van der Waals surface area contributed by atoms with Crippen LogP contribution in [0.5, 0.6) is 0 Å². The number of hydrogen-bond donors (Lipinski definition) is 2. The van der Waals surface area contributed by atoms with E-state index in [2.05, 4.69) is 15.6 Å². The lowest BCUT2D eigenvalue weighted by atomic mass is 9.96. The Labute approximate surface area is 138 Å². The van der Waals surface area contributed by atoms with Crippen molar-refractivity contribution in [2.75, 3.05) is 6.61 Å². The molecule has 2 rings (SSSR count). The van der Waals surface area contributed by atoms with Gasteiger partial charge in [-0.3, -0.25) is 10.1 Å². The van der Waals surface area contributed by atoms with Gasteiger partial charge in [0, 0.05) is 12.2 Å². The second-order valence-electron chi connectivity index (χ2n) is 5.27. The fraction of sp³-hybridized carbons (Fsp3) is 0.467. The largest absolute Gasteiger partial charge is 0.452 e. The predicted molar refractivity (Wildman–Crippen MR) is 83.1 cm³/mol. The van der Waals surface area contributed by atoms with Crippen LogP contribution in [0.15, 0.2) is 18.3 Å². The summed E-state index contributed by atoms with van der Waals surface area (Å²) in [6.07, 6.45) is 6.57. The Morgan fingerprint density at radius 3 is 2.70 bits per heavy atom. The zero-order chi connectivity index (χ0) is 16.7. The van der Waals surface area contributed by atoms with E-state index >= 15 is 0 Å². The zero-order valence-electron chi connectivity index (χ0n) is 12.5. The van der Waals surface area contributed by atoms with E-state index in [1.54, 1.807) is 0 Å². The Kier molecular flexibility index (Phi) is 6.34. The van der Waals surface area contributed by atoms with E-state index < -0.39 is 24.5 Å². The fourth-order valence-corrected chi connectivity index (χ4v) is 2.57. The molecule has 124 valence electrons.